The number of rotatable bonds is 4. The van der Waals surface area contributed by atoms with Gasteiger partial charge in [-0.1, -0.05) is 32.9 Å². The summed E-state index contributed by atoms with van der Waals surface area (Å²) in [6, 6.07) is 6.72. The standard InChI is InChI=1S/C16H28N2/c1-12-10-13(15(2,3)4)8-9-14(12)18-16(5,6)11-17-7/h8-10,17-18H,11H2,1-7H3. The van der Waals surface area contributed by atoms with Crippen LogP contribution in [0.2, 0.25) is 0 Å². The van der Waals surface area contributed by atoms with E-state index in [0.29, 0.717) is 0 Å². The molecule has 1 rings (SSSR count). The quantitative estimate of drug-likeness (QED) is 0.849. The molecule has 18 heavy (non-hydrogen) atoms. The summed E-state index contributed by atoms with van der Waals surface area (Å²) in [5.41, 5.74) is 4.19. The molecular weight excluding hydrogens is 220 g/mol. The third-order valence-corrected chi connectivity index (χ3v) is 3.18. The number of aryl methyl sites for hydroxylation is 1. The van der Waals surface area contributed by atoms with Gasteiger partial charge in [-0.25, -0.2) is 0 Å². The van der Waals surface area contributed by atoms with Crippen molar-refractivity contribution in [2.75, 3.05) is 18.9 Å². The number of hydrogen-bond donors (Lipinski definition) is 2. The number of likely N-dealkylation sites (N-methyl/N-ethyl adjacent to an activating group) is 1. The van der Waals surface area contributed by atoms with Crippen molar-refractivity contribution in [1.82, 2.24) is 5.32 Å². The summed E-state index contributed by atoms with van der Waals surface area (Å²) in [6.07, 6.45) is 0. The van der Waals surface area contributed by atoms with Crippen LogP contribution < -0.4 is 10.6 Å². The molecule has 0 spiro atoms. The molecule has 0 amide bonds. The zero-order chi connectivity index (χ0) is 14.0. The Kier molecular flexibility index (Phi) is 4.44. The third kappa shape index (κ3) is 4.02. The highest BCUT2D eigenvalue weighted by Gasteiger charge is 2.18. The van der Waals surface area contributed by atoms with Crippen molar-refractivity contribution in [1.29, 1.82) is 0 Å². The summed E-state index contributed by atoms with van der Waals surface area (Å²) in [7, 11) is 1.99. The average molecular weight is 248 g/mol. The molecule has 0 aromatic heterocycles. The van der Waals surface area contributed by atoms with Crippen molar-refractivity contribution < 1.29 is 0 Å². The second-order valence-electron chi connectivity index (χ2n) is 6.82. The molecule has 2 nitrogen and oxygen atoms in total. The van der Waals surface area contributed by atoms with Crippen LogP contribution in [-0.2, 0) is 5.41 Å². The Morgan fingerprint density at radius 2 is 1.67 bits per heavy atom. The largest absolute Gasteiger partial charge is 0.379 e. The fraction of sp³-hybridized carbons (Fsp3) is 0.625. The molecule has 0 unspecified atom stereocenters. The zero-order valence-electron chi connectivity index (χ0n) is 12.9. The van der Waals surface area contributed by atoms with Gasteiger partial charge in [-0.05, 0) is 50.4 Å². The maximum Gasteiger partial charge on any atom is 0.0441 e. The minimum absolute atomic E-state index is 0.0583. The highest BCUT2D eigenvalue weighted by atomic mass is 15.0. The lowest BCUT2D eigenvalue weighted by Gasteiger charge is -2.29. The molecule has 0 aliphatic rings. The summed E-state index contributed by atoms with van der Waals surface area (Å²) in [5, 5.41) is 6.82. The Hall–Kier alpha value is -1.02. The predicted octanol–water partition coefficient (Wildman–Crippen LogP) is 3.70. The highest BCUT2D eigenvalue weighted by Crippen LogP contribution is 2.27. The van der Waals surface area contributed by atoms with Gasteiger partial charge in [-0.2, -0.15) is 0 Å². The van der Waals surface area contributed by atoms with E-state index in [1.54, 1.807) is 0 Å². The fourth-order valence-corrected chi connectivity index (χ4v) is 2.12. The summed E-state index contributed by atoms with van der Waals surface area (Å²) >= 11 is 0. The molecular formula is C16H28N2. The van der Waals surface area contributed by atoms with E-state index < -0.39 is 0 Å². The maximum absolute atomic E-state index is 3.60. The second-order valence-corrected chi connectivity index (χ2v) is 6.82. The normalized spacial score (nSPS) is 12.6. The molecule has 0 bridgehead atoms. The van der Waals surface area contributed by atoms with Crippen LogP contribution in [0, 0.1) is 6.92 Å². The van der Waals surface area contributed by atoms with Gasteiger partial charge >= 0.3 is 0 Å². The molecule has 2 N–H and O–H groups in total. The van der Waals surface area contributed by atoms with E-state index >= 15 is 0 Å². The first-order valence-corrected chi connectivity index (χ1v) is 6.70. The van der Waals surface area contributed by atoms with Crippen molar-refractivity contribution in [2.45, 2.75) is 52.5 Å². The van der Waals surface area contributed by atoms with Gasteiger partial charge in [0.1, 0.15) is 0 Å². The van der Waals surface area contributed by atoms with Crippen LogP contribution in [0.15, 0.2) is 18.2 Å². The van der Waals surface area contributed by atoms with E-state index in [0.717, 1.165) is 6.54 Å². The summed E-state index contributed by atoms with van der Waals surface area (Å²) in [4.78, 5) is 0. The number of hydrogen-bond acceptors (Lipinski definition) is 2. The molecule has 1 aromatic rings. The molecule has 0 aliphatic heterocycles. The highest BCUT2D eigenvalue weighted by molar-refractivity contribution is 5.54. The van der Waals surface area contributed by atoms with Gasteiger partial charge in [0, 0.05) is 17.8 Å². The van der Waals surface area contributed by atoms with Crippen molar-refractivity contribution in [3.63, 3.8) is 0 Å². The molecule has 0 atom stereocenters. The van der Waals surface area contributed by atoms with E-state index in [1.165, 1.54) is 16.8 Å². The van der Waals surface area contributed by atoms with Crippen molar-refractivity contribution >= 4 is 5.69 Å². The number of benzene rings is 1. The first kappa shape index (κ1) is 15.0. The Morgan fingerprint density at radius 1 is 1.06 bits per heavy atom. The van der Waals surface area contributed by atoms with Crippen molar-refractivity contribution in [3.05, 3.63) is 29.3 Å². The molecule has 1 aromatic carbocycles. The van der Waals surface area contributed by atoms with Gasteiger partial charge in [-0.3, -0.25) is 0 Å². The van der Waals surface area contributed by atoms with Gasteiger partial charge in [0.05, 0.1) is 0 Å². The minimum atomic E-state index is 0.0583. The molecule has 0 saturated heterocycles. The van der Waals surface area contributed by atoms with Gasteiger partial charge in [0.25, 0.3) is 0 Å². The Labute approximate surface area is 112 Å². The summed E-state index contributed by atoms with van der Waals surface area (Å²) in [5.74, 6) is 0. The van der Waals surface area contributed by atoms with Crippen LogP contribution in [0.4, 0.5) is 5.69 Å². The van der Waals surface area contributed by atoms with E-state index in [9.17, 15) is 0 Å². The van der Waals surface area contributed by atoms with E-state index in [4.69, 9.17) is 0 Å². The Bertz CT molecular complexity index is 400. The first-order valence-electron chi connectivity index (χ1n) is 6.70. The first-order chi connectivity index (χ1) is 8.15. The summed E-state index contributed by atoms with van der Waals surface area (Å²) in [6.45, 7) is 14.3. The molecule has 102 valence electrons. The molecule has 2 heteroatoms. The Morgan fingerprint density at radius 3 is 2.11 bits per heavy atom. The molecule has 0 heterocycles. The van der Waals surface area contributed by atoms with E-state index in [2.05, 4.69) is 70.4 Å². The number of anilines is 1. The van der Waals surface area contributed by atoms with E-state index in [-0.39, 0.29) is 11.0 Å². The topological polar surface area (TPSA) is 24.1 Å². The fourth-order valence-electron chi connectivity index (χ4n) is 2.12. The molecule has 0 fully saturated rings. The summed E-state index contributed by atoms with van der Waals surface area (Å²) < 4.78 is 0. The predicted molar refractivity (Wildman–Crippen MR) is 81.5 cm³/mol. The van der Waals surface area contributed by atoms with Crippen LogP contribution >= 0.6 is 0 Å². The lowest BCUT2D eigenvalue weighted by atomic mass is 9.86. The lowest BCUT2D eigenvalue weighted by molar-refractivity contribution is 0.530. The van der Waals surface area contributed by atoms with Crippen LogP contribution in [0.5, 0.6) is 0 Å². The zero-order valence-corrected chi connectivity index (χ0v) is 12.9. The number of nitrogens with one attached hydrogen (secondary N) is 2. The van der Waals surface area contributed by atoms with Crippen LogP contribution in [-0.4, -0.2) is 19.1 Å². The monoisotopic (exact) mass is 248 g/mol. The average Bonchev–Trinajstić information content (AvgIpc) is 2.19. The Balaban J connectivity index is 2.93. The van der Waals surface area contributed by atoms with Gasteiger partial charge < -0.3 is 10.6 Å². The van der Waals surface area contributed by atoms with Crippen molar-refractivity contribution in [3.8, 4) is 0 Å². The van der Waals surface area contributed by atoms with Crippen molar-refractivity contribution in [2.24, 2.45) is 0 Å². The van der Waals surface area contributed by atoms with Gasteiger partial charge in [0.2, 0.25) is 0 Å². The second kappa shape index (κ2) is 5.31. The third-order valence-electron chi connectivity index (χ3n) is 3.18. The minimum Gasteiger partial charge on any atom is -0.379 e. The molecule has 0 aliphatic carbocycles. The maximum atomic E-state index is 3.60. The smallest absolute Gasteiger partial charge is 0.0441 e. The molecule has 0 radical (unpaired) electrons. The van der Waals surface area contributed by atoms with Gasteiger partial charge in [-0.15, -0.1) is 0 Å². The SMILES string of the molecule is CNCC(C)(C)Nc1ccc(C(C)(C)C)cc1C. The van der Waals surface area contributed by atoms with Crippen LogP contribution in [0.3, 0.4) is 0 Å². The van der Waals surface area contributed by atoms with Crippen LogP contribution in [0.25, 0.3) is 0 Å². The van der Waals surface area contributed by atoms with E-state index in [1.807, 2.05) is 7.05 Å². The lowest BCUT2D eigenvalue weighted by Crippen LogP contribution is -2.40. The van der Waals surface area contributed by atoms with Gasteiger partial charge in [0.15, 0.2) is 0 Å². The molecule has 0 saturated carbocycles. The van der Waals surface area contributed by atoms with Crippen LogP contribution in [0.1, 0.15) is 45.7 Å².